The predicted octanol–water partition coefficient (Wildman–Crippen LogP) is -0.934. The summed E-state index contributed by atoms with van der Waals surface area (Å²) >= 11 is 0. The molecule has 0 saturated heterocycles. The van der Waals surface area contributed by atoms with Crippen LogP contribution < -0.4 is 11.1 Å². The maximum atomic E-state index is 11.7. The number of aliphatic hydroxyl groups is 1. The van der Waals surface area contributed by atoms with Gasteiger partial charge in [-0.05, 0) is 12.8 Å². The van der Waals surface area contributed by atoms with E-state index in [0.717, 1.165) is 19.3 Å². The van der Waals surface area contributed by atoms with Crippen molar-refractivity contribution in [3.8, 4) is 0 Å². The fourth-order valence-corrected chi connectivity index (χ4v) is 1.95. The average Bonchev–Trinajstić information content (AvgIpc) is 2.25. The van der Waals surface area contributed by atoms with Crippen LogP contribution in [0.1, 0.15) is 25.7 Å². The van der Waals surface area contributed by atoms with Crippen LogP contribution in [0.15, 0.2) is 0 Å². The number of carbonyl (C=O) groups excluding carboxylic acids is 1. The van der Waals surface area contributed by atoms with Crippen LogP contribution >= 0.6 is 0 Å². The van der Waals surface area contributed by atoms with Crippen molar-refractivity contribution in [2.24, 2.45) is 11.7 Å². The summed E-state index contributed by atoms with van der Waals surface area (Å²) in [5.41, 5.74) is 5.80. The normalized spacial score (nSPS) is 27.1. The van der Waals surface area contributed by atoms with Gasteiger partial charge in [-0.1, -0.05) is 12.8 Å². The average molecular weight is 230 g/mol. The molecule has 0 spiro atoms. The number of aliphatic carboxylic acids is 1. The fraction of sp³-hybridized carbons (Fsp3) is 0.800. The summed E-state index contributed by atoms with van der Waals surface area (Å²) in [4.78, 5) is 22.3. The van der Waals surface area contributed by atoms with Crippen molar-refractivity contribution in [2.45, 2.75) is 37.8 Å². The number of carboxylic acid groups (broad SMARTS) is 1. The van der Waals surface area contributed by atoms with Crippen LogP contribution in [0, 0.1) is 5.92 Å². The molecule has 0 bridgehead atoms. The summed E-state index contributed by atoms with van der Waals surface area (Å²) in [6.07, 6.45) is 3.41. The summed E-state index contributed by atoms with van der Waals surface area (Å²) in [5.74, 6) is -1.93. The van der Waals surface area contributed by atoms with E-state index in [1.807, 2.05) is 0 Å². The monoisotopic (exact) mass is 230 g/mol. The van der Waals surface area contributed by atoms with E-state index in [-0.39, 0.29) is 17.9 Å². The lowest BCUT2D eigenvalue weighted by Crippen LogP contribution is -2.50. The number of carboxylic acids is 1. The lowest BCUT2D eigenvalue weighted by Gasteiger charge is -2.28. The molecule has 0 radical (unpaired) electrons. The first kappa shape index (κ1) is 12.9. The van der Waals surface area contributed by atoms with Gasteiger partial charge in [0.2, 0.25) is 5.91 Å². The molecule has 1 amide bonds. The Hall–Kier alpha value is -1.14. The van der Waals surface area contributed by atoms with E-state index in [1.54, 1.807) is 0 Å². The molecular weight excluding hydrogens is 212 g/mol. The van der Waals surface area contributed by atoms with Crippen molar-refractivity contribution in [1.29, 1.82) is 0 Å². The second-order valence-electron chi connectivity index (χ2n) is 4.14. The van der Waals surface area contributed by atoms with Crippen LogP contribution in [0.4, 0.5) is 0 Å². The summed E-state index contributed by atoms with van der Waals surface area (Å²) in [5, 5.41) is 19.8. The molecule has 3 atom stereocenters. The predicted molar refractivity (Wildman–Crippen MR) is 56.6 cm³/mol. The number of carbonyl (C=O) groups is 2. The molecule has 0 aromatic heterocycles. The number of rotatable bonds is 4. The van der Waals surface area contributed by atoms with Gasteiger partial charge in [-0.25, -0.2) is 4.79 Å². The Labute approximate surface area is 93.8 Å². The second-order valence-corrected chi connectivity index (χ2v) is 4.14. The van der Waals surface area contributed by atoms with Gasteiger partial charge in [0.1, 0.15) is 6.04 Å². The molecule has 6 heteroatoms. The van der Waals surface area contributed by atoms with E-state index < -0.39 is 18.6 Å². The van der Waals surface area contributed by atoms with Gasteiger partial charge in [0.25, 0.3) is 0 Å². The molecular formula is C10H18N2O4. The molecule has 16 heavy (non-hydrogen) atoms. The summed E-state index contributed by atoms with van der Waals surface area (Å²) in [6, 6.07) is -1.44. The molecule has 1 saturated carbocycles. The van der Waals surface area contributed by atoms with Gasteiger partial charge in [-0.3, -0.25) is 4.79 Å². The lowest BCUT2D eigenvalue weighted by atomic mass is 9.84. The minimum Gasteiger partial charge on any atom is -0.480 e. The summed E-state index contributed by atoms with van der Waals surface area (Å²) in [6.45, 7) is -0.608. The highest BCUT2D eigenvalue weighted by atomic mass is 16.4. The SMILES string of the molecule is NC1CCCCC1C(=O)N[C@H](CO)C(=O)O. The van der Waals surface area contributed by atoms with E-state index in [9.17, 15) is 9.59 Å². The van der Waals surface area contributed by atoms with E-state index in [1.165, 1.54) is 0 Å². The molecule has 0 aromatic carbocycles. The van der Waals surface area contributed by atoms with Gasteiger partial charge in [-0.2, -0.15) is 0 Å². The molecule has 0 heterocycles. The number of hydrogen-bond donors (Lipinski definition) is 4. The van der Waals surface area contributed by atoms with E-state index >= 15 is 0 Å². The van der Waals surface area contributed by atoms with Crippen LogP contribution in [-0.4, -0.2) is 40.8 Å². The Morgan fingerprint density at radius 3 is 2.50 bits per heavy atom. The van der Waals surface area contributed by atoms with Crippen LogP contribution in [0.3, 0.4) is 0 Å². The van der Waals surface area contributed by atoms with Gasteiger partial charge in [0.05, 0.1) is 12.5 Å². The minimum absolute atomic E-state index is 0.207. The standard InChI is InChI=1S/C10H18N2O4/c11-7-4-2-1-3-6(7)9(14)12-8(5-13)10(15)16/h6-8,13H,1-5,11H2,(H,12,14)(H,15,16)/t6?,7?,8-/m1/s1. The highest BCUT2D eigenvalue weighted by Gasteiger charge is 2.30. The van der Waals surface area contributed by atoms with E-state index in [2.05, 4.69) is 5.32 Å². The van der Waals surface area contributed by atoms with Gasteiger partial charge in [0.15, 0.2) is 0 Å². The number of aliphatic hydroxyl groups excluding tert-OH is 1. The van der Waals surface area contributed by atoms with Crippen molar-refractivity contribution < 1.29 is 19.8 Å². The van der Waals surface area contributed by atoms with Crippen molar-refractivity contribution in [1.82, 2.24) is 5.32 Å². The lowest BCUT2D eigenvalue weighted by molar-refractivity contribution is -0.143. The molecule has 1 aliphatic rings. The van der Waals surface area contributed by atoms with Gasteiger partial charge in [-0.15, -0.1) is 0 Å². The Bertz CT molecular complexity index is 270. The fourth-order valence-electron chi connectivity index (χ4n) is 1.95. The van der Waals surface area contributed by atoms with E-state index in [0.29, 0.717) is 6.42 Å². The molecule has 6 nitrogen and oxygen atoms in total. The Kier molecular flexibility index (Phi) is 4.70. The highest BCUT2D eigenvalue weighted by molar-refractivity contribution is 5.85. The molecule has 0 aliphatic heterocycles. The number of nitrogens with two attached hydrogens (primary N) is 1. The van der Waals surface area contributed by atoms with Gasteiger partial charge in [0, 0.05) is 6.04 Å². The summed E-state index contributed by atoms with van der Waals surface area (Å²) in [7, 11) is 0. The number of nitrogens with one attached hydrogen (secondary N) is 1. The molecule has 0 aromatic rings. The Morgan fingerprint density at radius 1 is 1.38 bits per heavy atom. The zero-order valence-electron chi connectivity index (χ0n) is 9.06. The van der Waals surface area contributed by atoms with Gasteiger partial charge < -0.3 is 21.3 Å². The first-order valence-corrected chi connectivity index (χ1v) is 5.46. The van der Waals surface area contributed by atoms with Crippen LogP contribution in [0.5, 0.6) is 0 Å². The molecule has 1 aliphatic carbocycles. The third-order valence-electron chi connectivity index (χ3n) is 2.95. The zero-order valence-corrected chi connectivity index (χ0v) is 9.06. The van der Waals surface area contributed by atoms with Crippen molar-refractivity contribution >= 4 is 11.9 Å². The van der Waals surface area contributed by atoms with Crippen molar-refractivity contribution in [2.75, 3.05) is 6.61 Å². The molecule has 5 N–H and O–H groups in total. The molecule has 1 fully saturated rings. The molecule has 92 valence electrons. The number of hydrogen-bond acceptors (Lipinski definition) is 4. The quantitative estimate of drug-likeness (QED) is 0.498. The molecule has 2 unspecified atom stereocenters. The maximum absolute atomic E-state index is 11.7. The van der Waals surface area contributed by atoms with Crippen LogP contribution in [-0.2, 0) is 9.59 Å². The largest absolute Gasteiger partial charge is 0.480 e. The first-order chi connectivity index (χ1) is 7.56. The maximum Gasteiger partial charge on any atom is 0.328 e. The Balaban J connectivity index is 2.52. The van der Waals surface area contributed by atoms with Gasteiger partial charge >= 0.3 is 5.97 Å². The molecule has 1 rings (SSSR count). The Morgan fingerprint density at radius 2 is 2.00 bits per heavy atom. The third-order valence-corrected chi connectivity index (χ3v) is 2.95. The van der Waals surface area contributed by atoms with Crippen molar-refractivity contribution in [3.63, 3.8) is 0 Å². The minimum atomic E-state index is -1.24. The smallest absolute Gasteiger partial charge is 0.328 e. The highest BCUT2D eigenvalue weighted by Crippen LogP contribution is 2.23. The summed E-state index contributed by atoms with van der Waals surface area (Å²) < 4.78 is 0. The zero-order chi connectivity index (χ0) is 12.1. The van der Waals surface area contributed by atoms with Crippen LogP contribution in [0.25, 0.3) is 0 Å². The van der Waals surface area contributed by atoms with Crippen LogP contribution in [0.2, 0.25) is 0 Å². The van der Waals surface area contributed by atoms with Crippen molar-refractivity contribution in [3.05, 3.63) is 0 Å². The second kappa shape index (κ2) is 5.81. The first-order valence-electron chi connectivity index (χ1n) is 5.46. The van der Waals surface area contributed by atoms with E-state index in [4.69, 9.17) is 15.9 Å². The topological polar surface area (TPSA) is 113 Å². The third kappa shape index (κ3) is 3.18. The number of amides is 1.